The number of rotatable bonds is 4. The molecule has 1 aliphatic heterocycles. The fraction of sp³-hybridized carbons (Fsp3) is 0.400. The Morgan fingerprint density at radius 1 is 0.833 bits per heavy atom. The summed E-state index contributed by atoms with van der Waals surface area (Å²) in [6.07, 6.45) is 0. The zero-order valence-corrected chi connectivity index (χ0v) is 15.4. The second kappa shape index (κ2) is 7.66. The van der Waals surface area contributed by atoms with Gasteiger partial charge in [-0.2, -0.15) is 0 Å². The first-order valence-electron chi connectivity index (χ1n) is 8.08. The topological polar surface area (TPSA) is 21.7 Å². The molecule has 0 amide bonds. The maximum absolute atomic E-state index is 6.41. The minimum absolute atomic E-state index is 0. The minimum atomic E-state index is -0.811. The third kappa shape index (κ3) is 3.81. The van der Waals surface area contributed by atoms with E-state index in [9.17, 15) is 0 Å². The molecule has 1 saturated heterocycles. The van der Waals surface area contributed by atoms with E-state index >= 15 is 0 Å². The Balaban J connectivity index is 0.00000208. The van der Waals surface area contributed by atoms with Gasteiger partial charge in [0.1, 0.15) is 0 Å². The van der Waals surface area contributed by atoms with E-state index in [-0.39, 0.29) is 17.8 Å². The highest BCUT2D eigenvalue weighted by molar-refractivity contribution is 5.85. The molecule has 1 aliphatic rings. The molecular formula is C20H26ClNO2. The molecular weight excluding hydrogens is 322 g/mol. The van der Waals surface area contributed by atoms with Gasteiger partial charge in [-0.25, -0.2) is 0 Å². The van der Waals surface area contributed by atoms with Crippen molar-refractivity contribution in [1.29, 1.82) is 0 Å². The molecule has 2 aromatic rings. The summed E-state index contributed by atoms with van der Waals surface area (Å²) in [6, 6.07) is 20.4. The zero-order valence-electron chi connectivity index (χ0n) is 14.6. The van der Waals surface area contributed by atoms with Crippen LogP contribution in [0.1, 0.15) is 18.1 Å². The van der Waals surface area contributed by atoms with Crippen LogP contribution in [0.2, 0.25) is 0 Å². The van der Waals surface area contributed by atoms with Crippen LogP contribution in [0.15, 0.2) is 60.7 Å². The van der Waals surface area contributed by atoms with Gasteiger partial charge in [0.05, 0.1) is 13.2 Å². The van der Waals surface area contributed by atoms with E-state index < -0.39 is 5.79 Å². The predicted molar refractivity (Wildman–Crippen MR) is 99.5 cm³/mol. The highest BCUT2D eigenvalue weighted by Crippen LogP contribution is 2.41. The average Bonchev–Trinajstić information content (AvgIpc) is 2.57. The van der Waals surface area contributed by atoms with E-state index in [0.29, 0.717) is 13.2 Å². The van der Waals surface area contributed by atoms with Crippen LogP contribution in [0.25, 0.3) is 0 Å². The first kappa shape index (κ1) is 18.9. The molecule has 24 heavy (non-hydrogen) atoms. The zero-order chi connectivity index (χ0) is 16.3. The summed E-state index contributed by atoms with van der Waals surface area (Å²) in [7, 11) is 4.17. The third-order valence-electron chi connectivity index (χ3n) is 4.25. The summed E-state index contributed by atoms with van der Waals surface area (Å²) in [5.74, 6) is -0.811. The number of halogens is 1. The van der Waals surface area contributed by atoms with Crippen LogP contribution in [0.3, 0.4) is 0 Å². The van der Waals surface area contributed by atoms with Gasteiger partial charge in [-0.3, -0.25) is 0 Å². The first-order chi connectivity index (χ1) is 11.0. The Morgan fingerprint density at radius 2 is 1.25 bits per heavy atom. The molecule has 130 valence electrons. The van der Waals surface area contributed by atoms with Crippen molar-refractivity contribution in [1.82, 2.24) is 4.90 Å². The van der Waals surface area contributed by atoms with Gasteiger partial charge in [-0.05, 0) is 14.1 Å². The predicted octanol–water partition coefficient (Wildman–Crippen LogP) is 3.92. The monoisotopic (exact) mass is 347 g/mol. The lowest BCUT2D eigenvalue weighted by atomic mass is 9.88. The second-order valence-corrected chi connectivity index (χ2v) is 6.97. The lowest BCUT2D eigenvalue weighted by molar-refractivity contribution is -0.288. The molecule has 0 unspecified atom stereocenters. The van der Waals surface area contributed by atoms with E-state index in [1.54, 1.807) is 0 Å². The summed E-state index contributed by atoms with van der Waals surface area (Å²) in [4.78, 5) is 2.19. The Kier molecular flexibility index (Phi) is 6.05. The third-order valence-corrected chi connectivity index (χ3v) is 4.25. The molecule has 1 fully saturated rings. The van der Waals surface area contributed by atoms with Crippen molar-refractivity contribution >= 4 is 12.4 Å². The molecule has 3 nitrogen and oxygen atoms in total. The van der Waals surface area contributed by atoms with Crippen molar-refractivity contribution in [3.8, 4) is 0 Å². The Bertz CT molecular complexity index is 581. The molecule has 0 atom stereocenters. The van der Waals surface area contributed by atoms with Crippen molar-refractivity contribution in [3.63, 3.8) is 0 Å². The highest BCUT2D eigenvalue weighted by atomic mass is 35.5. The smallest absolute Gasteiger partial charge is 0.222 e. The fourth-order valence-corrected chi connectivity index (χ4v) is 3.30. The van der Waals surface area contributed by atoms with Crippen LogP contribution in [0, 0.1) is 5.41 Å². The van der Waals surface area contributed by atoms with E-state index in [2.05, 4.69) is 50.2 Å². The van der Waals surface area contributed by atoms with Crippen LogP contribution in [0.5, 0.6) is 0 Å². The molecule has 0 aromatic heterocycles. The lowest BCUT2D eigenvalue weighted by Crippen LogP contribution is -2.50. The summed E-state index contributed by atoms with van der Waals surface area (Å²) >= 11 is 0. The van der Waals surface area contributed by atoms with Gasteiger partial charge in [-0.1, -0.05) is 67.6 Å². The van der Waals surface area contributed by atoms with Gasteiger partial charge in [0.15, 0.2) is 0 Å². The molecule has 4 heteroatoms. The van der Waals surface area contributed by atoms with Gasteiger partial charge in [-0.15, -0.1) is 12.4 Å². The molecule has 0 saturated carbocycles. The van der Waals surface area contributed by atoms with Gasteiger partial charge < -0.3 is 14.4 Å². The van der Waals surface area contributed by atoms with Crippen molar-refractivity contribution < 1.29 is 9.47 Å². The SMILES string of the molecule is CN(C)CC1(C)COC(c2ccccc2)(c2ccccc2)OC1.Cl. The molecule has 1 heterocycles. The maximum Gasteiger partial charge on any atom is 0.222 e. The van der Waals surface area contributed by atoms with Gasteiger partial charge in [0.25, 0.3) is 0 Å². The normalized spacial score (nSPS) is 18.8. The van der Waals surface area contributed by atoms with Crippen LogP contribution >= 0.6 is 12.4 Å². The van der Waals surface area contributed by atoms with Gasteiger partial charge in [0.2, 0.25) is 5.79 Å². The molecule has 0 spiro atoms. The summed E-state index contributed by atoms with van der Waals surface area (Å²) < 4.78 is 12.8. The van der Waals surface area contributed by atoms with E-state index in [4.69, 9.17) is 9.47 Å². The molecule has 2 aromatic carbocycles. The number of hydrogen-bond acceptors (Lipinski definition) is 3. The number of hydrogen-bond donors (Lipinski definition) is 0. The van der Waals surface area contributed by atoms with E-state index in [0.717, 1.165) is 17.7 Å². The highest BCUT2D eigenvalue weighted by Gasteiger charge is 2.45. The molecule has 0 aliphatic carbocycles. The summed E-state index contributed by atoms with van der Waals surface area (Å²) in [6.45, 7) is 4.48. The van der Waals surface area contributed by atoms with Gasteiger partial charge in [0, 0.05) is 23.1 Å². The Hall–Kier alpha value is -1.39. The lowest BCUT2D eigenvalue weighted by Gasteiger charge is -2.46. The maximum atomic E-state index is 6.41. The summed E-state index contributed by atoms with van der Waals surface area (Å²) in [5, 5.41) is 0. The van der Waals surface area contributed by atoms with Crippen molar-refractivity contribution in [2.45, 2.75) is 12.7 Å². The molecule has 0 bridgehead atoms. The molecule has 0 radical (unpaired) electrons. The number of ether oxygens (including phenoxy) is 2. The largest absolute Gasteiger partial charge is 0.341 e. The Labute approximate surface area is 151 Å². The van der Waals surface area contributed by atoms with Gasteiger partial charge >= 0.3 is 0 Å². The minimum Gasteiger partial charge on any atom is -0.341 e. The van der Waals surface area contributed by atoms with Crippen LogP contribution in [-0.4, -0.2) is 38.8 Å². The van der Waals surface area contributed by atoms with Crippen molar-refractivity contribution in [2.75, 3.05) is 33.9 Å². The second-order valence-electron chi connectivity index (χ2n) is 6.97. The van der Waals surface area contributed by atoms with E-state index in [1.165, 1.54) is 0 Å². The van der Waals surface area contributed by atoms with Crippen LogP contribution in [0.4, 0.5) is 0 Å². The van der Waals surface area contributed by atoms with E-state index in [1.807, 2.05) is 36.4 Å². The number of nitrogens with zero attached hydrogens (tertiary/aromatic N) is 1. The Morgan fingerprint density at radius 3 is 1.62 bits per heavy atom. The average molecular weight is 348 g/mol. The molecule has 3 rings (SSSR count). The first-order valence-corrected chi connectivity index (χ1v) is 8.08. The summed E-state index contributed by atoms with van der Waals surface area (Å²) in [5.41, 5.74) is 2.08. The standard InChI is InChI=1S/C20H25NO2.ClH/c1-19(14-21(2)3)15-22-20(23-16-19,17-10-6-4-7-11-17)18-12-8-5-9-13-18;/h4-13H,14-16H2,1-3H3;1H. The van der Waals surface area contributed by atoms with Crippen LogP contribution in [-0.2, 0) is 15.3 Å². The van der Waals surface area contributed by atoms with Crippen LogP contribution < -0.4 is 0 Å². The van der Waals surface area contributed by atoms with Crippen molar-refractivity contribution in [2.24, 2.45) is 5.41 Å². The quantitative estimate of drug-likeness (QED) is 0.836. The molecule has 0 N–H and O–H groups in total. The van der Waals surface area contributed by atoms with Crippen molar-refractivity contribution in [3.05, 3.63) is 71.8 Å². The fourth-order valence-electron chi connectivity index (χ4n) is 3.30. The number of benzene rings is 2.